The second kappa shape index (κ2) is 9.60. The van der Waals surface area contributed by atoms with Crippen molar-refractivity contribution in [2.45, 2.75) is 52.5 Å². The van der Waals surface area contributed by atoms with E-state index in [1.54, 1.807) is 4.90 Å². The van der Waals surface area contributed by atoms with Crippen LogP contribution >= 0.6 is 12.2 Å². The van der Waals surface area contributed by atoms with Gasteiger partial charge in [-0.15, -0.1) is 0 Å². The summed E-state index contributed by atoms with van der Waals surface area (Å²) >= 11 is 5.46. The van der Waals surface area contributed by atoms with E-state index in [4.69, 9.17) is 17.0 Å². The van der Waals surface area contributed by atoms with Crippen molar-refractivity contribution in [1.29, 1.82) is 0 Å². The molecule has 30 heavy (non-hydrogen) atoms. The number of amides is 1. The Balaban J connectivity index is 1.86. The first-order chi connectivity index (χ1) is 14.3. The van der Waals surface area contributed by atoms with Crippen LogP contribution < -0.4 is 10.6 Å². The van der Waals surface area contributed by atoms with Crippen LogP contribution in [-0.4, -0.2) is 35.5 Å². The summed E-state index contributed by atoms with van der Waals surface area (Å²) in [5.74, 6) is 0.0532. The monoisotopic (exact) mass is 429 g/mol. The van der Waals surface area contributed by atoms with Crippen LogP contribution in [0, 0.1) is 11.8 Å². The van der Waals surface area contributed by atoms with Crippen LogP contribution in [0.15, 0.2) is 35.5 Å². The van der Waals surface area contributed by atoms with Gasteiger partial charge >= 0.3 is 5.97 Å². The largest absolute Gasteiger partial charge is 0.462 e. The quantitative estimate of drug-likeness (QED) is 0.523. The zero-order valence-electron chi connectivity index (χ0n) is 18.2. The summed E-state index contributed by atoms with van der Waals surface area (Å²) in [4.78, 5) is 27.2. The highest BCUT2D eigenvalue weighted by atomic mass is 32.1. The lowest BCUT2D eigenvalue weighted by molar-refractivity contribution is -0.140. The van der Waals surface area contributed by atoms with E-state index in [9.17, 15) is 9.59 Å². The van der Waals surface area contributed by atoms with Crippen LogP contribution in [0.4, 0.5) is 5.69 Å². The molecule has 3 rings (SSSR count). The Hall–Kier alpha value is -2.41. The van der Waals surface area contributed by atoms with Crippen molar-refractivity contribution in [2.24, 2.45) is 11.8 Å². The van der Waals surface area contributed by atoms with Crippen molar-refractivity contribution in [1.82, 2.24) is 10.2 Å². The molecule has 7 heteroatoms. The van der Waals surface area contributed by atoms with E-state index in [-0.39, 0.29) is 23.7 Å². The Kier molecular flexibility index (Phi) is 7.13. The number of hydrogen-bond donors (Lipinski definition) is 2. The molecule has 0 spiro atoms. The number of hydrogen-bond acceptors (Lipinski definition) is 4. The lowest BCUT2D eigenvalue weighted by Crippen LogP contribution is -2.46. The summed E-state index contributed by atoms with van der Waals surface area (Å²) in [7, 11) is 1.83. The van der Waals surface area contributed by atoms with Crippen molar-refractivity contribution >= 4 is 34.9 Å². The van der Waals surface area contributed by atoms with Crippen molar-refractivity contribution < 1.29 is 14.3 Å². The van der Waals surface area contributed by atoms with Crippen LogP contribution in [0.3, 0.4) is 0 Å². The summed E-state index contributed by atoms with van der Waals surface area (Å²) < 4.78 is 5.53. The fourth-order valence-electron chi connectivity index (χ4n) is 3.90. The van der Waals surface area contributed by atoms with Crippen molar-refractivity contribution in [3.63, 3.8) is 0 Å². The normalized spacial score (nSPS) is 19.8. The molecule has 0 bridgehead atoms. The molecule has 6 nitrogen and oxygen atoms in total. The summed E-state index contributed by atoms with van der Waals surface area (Å²) in [6.07, 6.45) is 4.12. The molecule has 2 N–H and O–H groups in total. The van der Waals surface area contributed by atoms with Crippen LogP contribution in [0.5, 0.6) is 0 Å². The molecule has 1 unspecified atom stereocenters. The van der Waals surface area contributed by atoms with Crippen molar-refractivity contribution in [3.8, 4) is 0 Å². The third-order valence-electron chi connectivity index (χ3n) is 5.74. The van der Waals surface area contributed by atoms with Crippen LogP contribution in [0.25, 0.3) is 0 Å². The topological polar surface area (TPSA) is 70.7 Å². The summed E-state index contributed by atoms with van der Waals surface area (Å²) in [5, 5.41) is 6.83. The SMILES string of the molecule is CC1=C(C(=O)OCC(C)C)C(c2cccc(NC(=O)C3CCCC3)c2)NC(=S)N1C. The van der Waals surface area contributed by atoms with Crippen LogP contribution in [-0.2, 0) is 14.3 Å². The van der Waals surface area contributed by atoms with Gasteiger partial charge in [-0.3, -0.25) is 4.79 Å². The third-order valence-corrected chi connectivity index (χ3v) is 6.13. The molecule has 1 heterocycles. The van der Waals surface area contributed by atoms with E-state index in [0.717, 1.165) is 42.6 Å². The van der Waals surface area contributed by atoms with Gasteiger partial charge in [0, 0.05) is 24.4 Å². The standard InChI is InChI=1S/C23H31N3O3S/c1-14(2)13-29-22(28)19-15(3)26(4)23(30)25-20(19)17-10-7-11-18(12-17)24-21(27)16-8-5-6-9-16/h7,10-12,14,16,20H,5-6,8-9,13H2,1-4H3,(H,24,27)(H,25,30). The average Bonchev–Trinajstić information content (AvgIpc) is 3.25. The Morgan fingerprint density at radius 1 is 1.30 bits per heavy atom. The molecule has 162 valence electrons. The Morgan fingerprint density at radius 3 is 2.67 bits per heavy atom. The molecule has 2 aliphatic rings. The minimum absolute atomic E-state index is 0.0693. The van der Waals surface area contributed by atoms with Gasteiger partial charge in [-0.05, 0) is 55.6 Å². The van der Waals surface area contributed by atoms with E-state index in [2.05, 4.69) is 10.6 Å². The molecule has 1 amide bonds. The number of benzene rings is 1. The Labute approximate surface area is 184 Å². The molecule has 0 aromatic heterocycles. The zero-order valence-corrected chi connectivity index (χ0v) is 19.0. The molecule has 1 aromatic rings. The number of anilines is 1. The summed E-state index contributed by atoms with van der Waals surface area (Å²) in [6, 6.07) is 7.16. The fourth-order valence-corrected chi connectivity index (χ4v) is 4.15. The van der Waals surface area contributed by atoms with E-state index >= 15 is 0 Å². The Morgan fingerprint density at radius 2 is 2.00 bits per heavy atom. The van der Waals surface area contributed by atoms with Crippen molar-refractivity contribution in [2.75, 3.05) is 19.0 Å². The maximum Gasteiger partial charge on any atom is 0.338 e. The van der Waals surface area contributed by atoms with Gasteiger partial charge in [-0.25, -0.2) is 4.79 Å². The van der Waals surface area contributed by atoms with E-state index in [1.807, 2.05) is 52.1 Å². The second-order valence-electron chi connectivity index (χ2n) is 8.53. The fraction of sp³-hybridized carbons (Fsp3) is 0.522. The van der Waals surface area contributed by atoms with E-state index in [1.165, 1.54) is 0 Å². The van der Waals surface area contributed by atoms with Crippen LogP contribution in [0.2, 0.25) is 0 Å². The molecule has 1 atom stereocenters. The minimum atomic E-state index is -0.434. The molecule has 1 aliphatic carbocycles. The zero-order chi connectivity index (χ0) is 21.8. The first-order valence-electron chi connectivity index (χ1n) is 10.6. The van der Waals surface area contributed by atoms with Crippen LogP contribution in [0.1, 0.15) is 58.1 Å². The molecule has 0 saturated heterocycles. The number of allylic oxidation sites excluding steroid dienone is 1. The number of rotatable bonds is 6. The second-order valence-corrected chi connectivity index (χ2v) is 8.92. The number of nitrogens with zero attached hydrogens (tertiary/aromatic N) is 1. The predicted molar refractivity (Wildman–Crippen MR) is 122 cm³/mol. The lowest BCUT2D eigenvalue weighted by Gasteiger charge is -2.35. The van der Waals surface area contributed by atoms with Gasteiger partial charge in [-0.2, -0.15) is 0 Å². The highest BCUT2D eigenvalue weighted by Crippen LogP contribution is 2.32. The number of thiocarbonyl (C=S) groups is 1. The number of nitrogens with one attached hydrogen (secondary N) is 2. The number of carbonyl (C=O) groups excluding carboxylic acids is 2. The first kappa shape index (κ1) is 22.3. The molecular formula is C23H31N3O3S. The van der Waals surface area contributed by atoms with Crippen molar-refractivity contribution in [3.05, 3.63) is 41.1 Å². The minimum Gasteiger partial charge on any atom is -0.462 e. The molecule has 0 radical (unpaired) electrons. The molecule has 1 saturated carbocycles. The van der Waals surface area contributed by atoms with E-state index in [0.29, 0.717) is 17.3 Å². The van der Waals surface area contributed by atoms with Gasteiger partial charge in [0.05, 0.1) is 18.2 Å². The number of carbonyl (C=O) groups is 2. The lowest BCUT2D eigenvalue weighted by atomic mass is 9.94. The number of esters is 1. The maximum absolute atomic E-state index is 12.9. The van der Waals surface area contributed by atoms with Gasteiger partial charge in [0.1, 0.15) is 0 Å². The highest BCUT2D eigenvalue weighted by molar-refractivity contribution is 7.80. The molecule has 1 aliphatic heterocycles. The third kappa shape index (κ3) is 5.01. The van der Waals surface area contributed by atoms with Gasteiger partial charge in [-0.1, -0.05) is 38.8 Å². The van der Waals surface area contributed by atoms with Gasteiger partial charge < -0.3 is 20.3 Å². The smallest absolute Gasteiger partial charge is 0.338 e. The summed E-state index contributed by atoms with van der Waals surface area (Å²) in [6.45, 7) is 6.23. The predicted octanol–water partition coefficient (Wildman–Crippen LogP) is 4.15. The van der Waals surface area contributed by atoms with Gasteiger partial charge in [0.2, 0.25) is 5.91 Å². The van der Waals surface area contributed by atoms with Gasteiger partial charge in [0.25, 0.3) is 0 Å². The van der Waals surface area contributed by atoms with E-state index < -0.39 is 6.04 Å². The first-order valence-corrected chi connectivity index (χ1v) is 11.0. The molecule has 1 fully saturated rings. The summed E-state index contributed by atoms with van der Waals surface area (Å²) in [5.41, 5.74) is 2.87. The molecule has 1 aromatic carbocycles. The maximum atomic E-state index is 12.9. The Bertz CT molecular complexity index is 859. The number of ether oxygens (including phenoxy) is 1. The average molecular weight is 430 g/mol. The highest BCUT2D eigenvalue weighted by Gasteiger charge is 2.34. The van der Waals surface area contributed by atoms with Gasteiger partial charge in [0.15, 0.2) is 5.11 Å². The molecular weight excluding hydrogens is 398 g/mol.